The van der Waals surface area contributed by atoms with Crippen molar-refractivity contribution in [3.8, 4) is 56.7 Å². The van der Waals surface area contributed by atoms with E-state index in [1.807, 2.05) is 36.4 Å². The van der Waals surface area contributed by atoms with Crippen LogP contribution in [0.25, 0.3) is 100 Å². The normalized spacial score (nSPS) is 11.6. The third-order valence-corrected chi connectivity index (χ3v) is 10.8. The number of para-hydroxylation sites is 2. The van der Waals surface area contributed by atoms with Gasteiger partial charge in [-0.1, -0.05) is 170 Å². The summed E-state index contributed by atoms with van der Waals surface area (Å²) in [5.41, 5.74) is 11.9. The van der Waals surface area contributed by atoms with Crippen LogP contribution in [0.15, 0.2) is 200 Å². The maximum absolute atomic E-state index is 5.29. The minimum atomic E-state index is 0.564. The zero-order valence-electron chi connectivity index (χ0n) is 30.3. The van der Waals surface area contributed by atoms with Gasteiger partial charge in [-0.3, -0.25) is 4.57 Å². The van der Waals surface area contributed by atoms with E-state index in [2.05, 4.69) is 173 Å². The van der Waals surface area contributed by atoms with E-state index in [1.165, 1.54) is 21.9 Å². The Morgan fingerprint density at radius 3 is 1.45 bits per heavy atom. The number of rotatable bonds is 6. The molecule has 0 N–H and O–H groups in total. The zero-order valence-corrected chi connectivity index (χ0v) is 30.3. The molecular weight excluding hydrogens is 683 g/mol. The van der Waals surface area contributed by atoms with Crippen LogP contribution < -0.4 is 0 Å². The standard InChI is InChI=1S/C51H33N5/c1-5-18-34(19-6-1)38-26-17-27-39(32-38)55-44-30-15-13-28-40(44)43-33-42(35-20-7-2-8-21-35)47-46(48(43)55)41-29-14-16-31-45(41)56(47)51-53-49(36-22-9-3-10-23-36)52-50(54-51)37-24-11-4-12-25-37/h1-33H. The van der Waals surface area contributed by atoms with Gasteiger partial charge >= 0.3 is 0 Å². The molecule has 0 saturated heterocycles. The Bertz CT molecular complexity index is 3160. The number of hydrogen-bond acceptors (Lipinski definition) is 3. The molecule has 8 aromatic carbocycles. The van der Waals surface area contributed by atoms with Gasteiger partial charge in [-0.2, -0.15) is 9.97 Å². The quantitative estimate of drug-likeness (QED) is 0.172. The number of benzene rings is 8. The minimum Gasteiger partial charge on any atom is -0.309 e. The van der Waals surface area contributed by atoms with Crippen molar-refractivity contribution in [3.63, 3.8) is 0 Å². The summed E-state index contributed by atoms with van der Waals surface area (Å²) in [6.45, 7) is 0. The number of fused-ring (bicyclic) bond motifs is 7. The summed E-state index contributed by atoms with van der Waals surface area (Å²) >= 11 is 0. The van der Waals surface area contributed by atoms with Crippen molar-refractivity contribution in [1.29, 1.82) is 0 Å². The lowest BCUT2D eigenvalue weighted by molar-refractivity contribution is 0.954. The average molecular weight is 716 g/mol. The molecule has 11 rings (SSSR count). The molecule has 5 heteroatoms. The first-order chi connectivity index (χ1) is 27.8. The van der Waals surface area contributed by atoms with Crippen LogP contribution in [0.4, 0.5) is 0 Å². The van der Waals surface area contributed by atoms with Crippen molar-refractivity contribution in [2.75, 3.05) is 0 Å². The molecule has 56 heavy (non-hydrogen) atoms. The van der Waals surface area contributed by atoms with Crippen LogP contribution in [0.2, 0.25) is 0 Å². The summed E-state index contributed by atoms with van der Waals surface area (Å²) in [5.74, 6) is 1.80. The summed E-state index contributed by atoms with van der Waals surface area (Å²) in [5, 5.41) is 4.64. The summed E-state index contributed by atoms with van der Waals surface area (Å²) in [4.78, 5) is 15.6. The Morgan fingerprint density at radius 2 is 0.821 bits per heavy atom. The van der Waals surface area contributed by atoms with Crippen LogP contribution >= 0.6 is 0 Å². The lowest BCUT2D eigenvalue weighted by atomic mass is 9.98. The first kappa shape index (κ1) is 31.9. The number of hydrogen-bond donors (Lipinski definition) is 0. The molecule has 5 nitrogen and oxygen atoms in total. The van der Waals surface area contributed by atoms with Gasteiger partial charge in [0.2, 0.25) is 5.95 Å². The Kier molecular flexibility index (Phi) is 7.42. The van der Waals surface area contributed by atoms with E-state index in [-0.39, 0.29) is 0 Å². The third-order valence-electron chi connectivity index (χ3n) is 10.8. The maximum atomic E-state index is 5.29. The highest BCUT2D eigenvalue weighted by Crippen LogP contribution is 2.46. The number of aromatic nitrogens is 5. The first-order valence-corrected chi connectivity index (χ1v) is 18.9. The molecule has 0 unspecified atom stereocenters. The van der Waals surface area contributed by atoms with E-state index in [1.54, 1.807) is 0 Å². The van der Waals surface area contributed by atoms with Crippen LogP contribution in [0.1, 0.15) is 0 Å². The minimum absolute atomic E-state index is 0.564. The van der Waals surface area contributed by atoms with Crippen molar-refractivity contribution in [2.45, 2.75) is 0 Å². The first-order valence-electron chi connectivity index (χ1n) is 18.9. The fourth-order valence-corrected chi connectivity index (χ4v) is 8.27. The number of nitrogens with zero attached hydrogens (tertiary/aromatic N) is 5. The van der Waals surface area contributed by atoms with E-state index in [9.17, 15) is 0 Å². The van der Waals surface area contributed by atoms with Crippen LogP contribution in [0.5, 0.6) is 0 Å². The summed E-state index contributed by atoms with van der Waals surface area (Å²) < 4.78 is 4.71. The predicted molar refractivity (Wildman–Crippen MR) is 230 cm³/mol. The van der Waals surface area contributed by atoms with E-state index in [0.29, 0.717) is 17.6 Å². The van der Waals surface area contributed by atoms with Gasteiger partial charge in [-0.05, 0) is 47.0 Å². The van der Waals surface area contributed by atoms with Gasteiger partial charge in [-0.25, -0.2) is 4.98 Å². The summed E-state index contributed by atoms with van der Waals surface area (Å²) in [6, 6.07) is 70.3. The van der Waals surface area contributed by atoms with Gasteiger partial charge in [0.05, 0.1) is 22.1 Å². The molecule has 0 aliphatic carbocycles. The highest BCUT2D eigenvalue weighted by molar-refractivity contribution is 6.29. The van der Waals surface area contributed by atoms with Crippen LogP contribution in [-0.4, -0.2) is 24.1 Å². The van der Waals surface area contributed by atoms with Crippen molar-refractivity contribution in [1.82, 2.24) is 24.1 Å². The highest BCUT2D eigenvalue weighted by Gasteiger charge is 2.26. The second-order valence-corrected chi connectivity index (χ2v) is 14.0. The van der Waals surface area contributed by atoms with Crippen molar-refractivity contribution in [2.24, 2.45) is 0 Å². The van der Waals surface area contributed by atoms with Gasteiger partial charge in [0.15, 0.2) is 11.6 Å². The monoisotopic (exact) mass is 715 g/mol. The molecule has 0 bridgehead atoms. The molecule has 262 valence electrons. The summed E-state index contributed by atoms with van der Waals surface area (Å²) in [7, 11) is 0. The fraction of sp³-hybridized carbons (Fsp3) is 0. The second-order valence-electron chi connectivity index (χ2n) is 14.0. The van der Waals surface area contributed by atoms with Gasteiger partial charge in [-0.15, -0.1) is 0 Å². The molecule has 3 aromatic heterocycles. The molecule has 3 heterocycles. The van der Waals surface area contributed by atoms with Gasteiger partial charge in [0.25, 0.3) is 0 Å². The molecule has 0 spiro atoms. The molecule has 0 aliphatic rings. The third kappa shape index (κ3) is 5.13. The van der Waals surface area contributed by atoms with Gasteiger partial charge in [0, 0.05) is 43.9 Å². The van der Waals surface area contributed by atoms with Crippen molar-refractivity contribution in [3.05, 3.63) is 200 Å². The largest absolute Gasteiger partial charge is 0.309 e. The molecule has 0 fully saturated rings. The smallest absolute Gasteiger partial charge is 0.238 e. The second kappa shape index (κ2) is 13.0. The molecule has 0 aliphatic heterocycles. The Hall–Kier alpha value is -7.63. The Labute approximate surface area is 323 Å². The van der Waals surface area contributed by atoms with Crippen molar-refractivity contribution >= 4 is 43.6 Å². The Morgan fingerprint density at radius 1 is 0.321 bits per heavy atom. The average Bonchev–Trinajstić information content (AvgIpc) is 3.80. The maximum Gasteiger partial charge on any atom is 0.238 e. The molecule has 0 saturated carbocycles. The van der Waals surface area contributed by atoms with Crippen LogP contribution in [-0.2, 0) is 0 Å². The van der Waals surface area contributed by atoms with E-state index in [4.69, 9.17) is 15.0 Å². The summed E-state index contributed by atoms with van der Waals surface area (Å²) in [6.07, 6.45) is 0. The molecule has 0 radical (unpaired) electrons. The lowest BCUT2D eigenvalue weighted by Crippen LogP contribution is -2.07. The molecule has 0 atom stereocenters. The molecular formula is C51H33N5. The topological polar surface area (TPSA) is 48.5 Å². The lowest BCUT2D eigenvalue weighted by Gasteiger charge is -2.15. The van der Waals surface area contributed by atoms with Crippen LogP contribution in [0.3, 0.4) is 0 Å². The van der Waals surface area contributed by atoms with Gasteiger partial charge in [0.1, 0.15) is 0 Å². The van der Waals surface area contributed by atoms with E-state index < -0.39 is 0 Å². The zero-order chi connectivity index (χ0) is 37.0. The van der Waals surface area contributed by atoms with Crippen molar-refractivity contribution < 1.29 is 0 Å². The Balaban J connectivity index is 1.32. The highest BCUT2D eigenvalue weighted by atomic mass is 15.2. The van der Waals surface area contributed by atoms with Crippen LogP contribution in [0, 0.1) is 0 Å². The molecule has 11 aromatic rings. The van der Waals surface area contributed by atoms with E-state index in [0.717, 1.165) is 60.8 Å². The fourth-order valence-electron chi connectivity index (χ4n) is 8.27. The SMILES string of the molecule is c1ccc(-c2cccc(-n3c4ccccc4c4cc(-c5ccccc5)c5c(c6ccccc6n5-c5nc(-c6ccccc6)nc(-c6ccccc6)n5)c43)c2)cc1. The predicted octanol–water partition coefficient (Wildman–Crippen LogP) is 12.7. The molecule has 0 amide bonds. The van der Waals surface area contributed by atoms with E-state index >= 15 is 0 Å². The van der Waals surface area contributed by atoms with Gasteiger partial charge < -0.3 is 4.57 Å².